The van der Waals surface area contributed by atoms with E-state index in [1.54, 1.807) is 6.07 Å². The Hall–Kier alpha value is -3.19. The monoisotopic (exact) mass is 400 g/mol. The zero-order chi connectivity index (χ0) is 20.1. The topological polar surface area (TPSA) is 41.1 Å². The molecular weight excluding hydrogens is 385 g/mol. The molecular formula is C21H15F3N2OS. The molecule has 0 saturated heterocycles. The normalized spacial score (nSPS) is 11.0. The molecule has 142 valence electrons. The Morgan fingerprint density at radius 1 is 0.821 bits per heavy atom. The fourth-order valence-corrected chi connectivity index (χ4v) is 2.77. The van der Waals surface area contributed by atoms with Crippen LogP contribution in [0.1, 0.15) is 15.9 Å². The summed E-state index contributed by atoms with van der Waals surface area (Å²) in [6.45, 7) is 0. The number of rotatable bonds is 3. The SMILES string of the molecule is O=C(NC(=S)Nc1cccc(-c2ccccc2)c1)c1ccc(C(F)(F)F)cc1. The average Bonchev–Trinajstić information content (AvgIpc) is 2.68. The number of benzene rings is 3. The quantitative estimate of drug-likeness (QED) is 0.571. The number of amides is 1. The molecule has 0 saturated carbocycles. The van der Waals surface area contributed by atoms with Crippen LogP contribution >= 0.6 is 12.2 Å². The minimum Gasteiger partial charge on any atom is -0.332 e. The first-order valence-corrected chi connectivity index (χ1v) is 8.69. The summed E-state index contributed by atoms with van der Waals surface area (Å²) in [6, 6.07) is 21.2. The maximum absolute atomic E-state index is 12.6. The van der Waals surface area contributed by atoms with E-state index in [1.807, 2.05) is 48.5 Å². The zero-order valence-electron chi connectivity index (χ0n) is 14.5. The van der Waals surface area contributed by atoms with Gasteiger partial charge in [0, 0.05) is 11.3 Å². The number of halogens is 3. The van der Waals surface area contributed by atoms with E-state index < -0.39 is 17.6 Å². The highest BCUT2D eigenvalue weighted by molar-refractivity contribution is 7.80. The van der Waals surface area contributed by atoms with E-state index in [9.17, 15) is 18.0 Å². The van der Waals surface area contributed by atoms with Gasteiger partial charge in [-0.1, -0.05) is 42.5 Å². The third kappa shape index (κ3) is 4.95. The average molecular weight is 400 g/mol. The lowest BCUT2D eigenvalue weighted by molar-refractivity contribution is -0.137. The van der Waals surface area contributed by atoms with E-state index in [0.717, 1.165) is 35.4 Å². The lowest BCUT2D eigenvalue weighted by atomic mass is 10.1. The number of carbonyl (C=O) groups excluding carboxylic acids is 1. The highest BCUT2D eigenvalue weighted by atomic mass is 32.1. The molecule has 0 aliphatic heterocycles. The van der Waals surface area contributed by atoms with Crippen molar-refractivity contribution in [1.82, 2.24) is 5.32 Å². The van der Waals surface area contributed by atoms with Crippen molar-refractivity contribution in [3.8, 4) is 11.1 Å². The van der Waals surface area contributed by atoms with Crippen molar-refractivity contribution in [1.29, 1.82) is 0 Å². The molecule has 3 aromatic rings. The van der Waals surface area contributed by atoms with Gasteiger partial charge >= 0.3 is 6.18 Å². The summed E-state index contributed by atoms with van der Waals surface area (Å²) in [4.78, 5) is 12.2. The molecule has 0 aliphatic carbocycles. The minimum atomic E-state index is -4.45. The number of thiocarbonyl (C=S) groups is 1. The van der Waals surface area contributed by atoms with Crippen LogP contribution in [0.4, 0.5) is 18.9 Å². The Bertz CT molecular complexity index is 987. The molecule has 3 nitrogen and oxygen atoms in total. The summed E-state index contributed by atoms with van der Waals surface area (Å²) in [7, 11) is 0. The van der Waals surface area contributed by atoms with Gasteiger partial charge in [0.1, 0.15) is 0 Å². The summed E-state index contributed by atoms with van der Waals surface area (Å²) in [5, 5.41) is 5.42. The molecule has 0 spiro atoms. The van der Waals surface area contributed by atoms with E-state index >= 15 is 0 Å². The van der Waals surface area contributed by atoms with Gasteiger partial charge in [-0.15, -0.1) is 0 Å². The fourth-order valence-electron chi connectivity index (χ4n) is 2.56. The van der Waals surface area contributed by atoms with Crippen LogP contribution in [0, 0.1) is 0 Å². The Balaban J connectivity index is 1.65. The molecule has 0 aromatic heterocycles. The summed E-state index contributed by atoms with van der Waals surface area (Å²) >= 11 is 5.13. The maximum Gasteiger partial charge on any atom is 0.416 e. The van der Waals surface area contributed by atoms with Crippen LogP contribution in [-0.2, 0) is 6.18 Å². The molecule has 2 N–H and O–H groups in total. The van der Waals surface area contributed by atoms with Crippen molar-refractivity contribution >= 4 is 28.9 Å². The minimum absolute atomic E-state index is 0.0510. The molecule has 0 bridgehead atoms. The lowest BCUT2D eigenvalue weighted by Crippen LogP contribution is -2.34. The molecule has 0 atom stereocenters. The molecule has 0 aliphatic rings. The molecule has 0 fully saturated rings. The Morgan fingerprint density at radius 3 is 2.11 bits per heavy atom. The van der Waals surface area contributed by atoms with Gasteiger partial charge in [-0.3, -0.25) is 10.1 Å². The second kappa shape index (κ2) is 8.22. The van der Waals surface area contributed by atoms with E-state index in [2.05, 4.69) is 10.6 Å². The predicted octanol–water partition coefficient (Wildman–Crippen LogP) is 5.50. The van der Waals surface area contributed by atoms with Gasteiger partial charge in [0.05, 0.1) is 5.56 Å². The third-order valence-electron chi connectivity index (χ3n) is 3.93. The van der Waals surface area contributed by atoms with Gasteiger partial charge in [0.15, 0.2) is 5.11 Å². The highest BCUT2D eigenvalue weighted by Gasteiger charge is 2.30. The molecule has 28 heavy (non-hydrogen) atoms. The number of anilines is 1. The second-order valence-corrected chi connectivity index (χ2v) is 6.34. The van der Waals surface area contributed by atoms with E-state index in [4.69, 9.17) is 12.2 Å². The standard InChI is InChI=1S/C21H15F3N2OS/c22-21(23,24)17-11-9-15(10-12-17)19(27)26-20(28)25-18-8-4-7-16(13-18)14-5-2-1-3-6-14/h1-13H,(H2,25,26,27,28). The van der Waals surface area contributed by atoms with Crippen molar-refractivity contribution in [2.45, 2.75) is 6.18 Å². The van der Waals surface area contributed by atoms with Crippen molar-refractivity contribution in [3.05, 3.63) is 90.0 Å². The first kappa shape index (κ1) is 19.6. The van der Waals surface area contributed by atoms with Gasteiger partial charge in [0.2, 0.25) is 0 Å². The van der Waals surface area contributed by atoms with Crippen molar-refractivity contribution in [2.24, 2.45) is 0 Å². The number of carbonyl (C=O) groups is 1. The largest absolute Gasteiger partial charge is 0.416 e. The highest BCUT2D eigenvalue weighted by Crippen LogP contribution is 2.29. The van der Waals surface area contributed by atoms with Gasteiger partial charge in [-0.25, -0.2) is 0 Å². The molecule has 3 aromatic carbocycles. The van der Waals surface area contributed by atoms with Gasteiger partial charge in [0.25, 0.3) is 5.91 Å². The van der Waals surface area contributed by atoms with Crippen molar-refractivity contribution < 1.29 is 18.0 Å². The first-order chi connectivity index (χ1) is 13.3. The van der Waals surface area contributed by atoms with Gasteiger partial charge in [-0.05, 0) is 59.7 Å². The van der Waals surface area contributed by atoms with Crippen LogP contribution in [0.2, 0.25) is 0 Å². The molecule has 7 heteroatoms. The Labute approximate surface area is 165 Å². The molecule has 0 radical (unpaired) electrons. The van der Waals surface area contributed by atoms with Gasteiger partial charge < -0.3 is 5.32 Å². The summed E-state index contributed by atoms with van der Waals surface area (Å²) < 4.78 is 37.8. The molecule has 3 rings (SSSR count). The zero-order valence-corrected chi connectivity index (χ0v) is 15.3. The van der Waals surface area contributed by atoms with Crippen LogP contribution in [0.5, 0.6) is 0 Å². The predicted molar refractivity (Wildman–Crippen MR) is 107 cm³/mol. The fraction of sp³-hybridized carbons (Fsp3) is 0.0476. The van der Waals surface area contributed by atoms with Crippen molar-refractivity contribution in [3.63, 3.8) is 0 Å². The smallest absolute Gasteiger partial charge is 0.332 e. The number of hydrogen-bond donors (Lipinski definition) is 2. The molecule has 0 heterocycles. The summed E-state index contributed by atoms with van der Waals surface area (Å²) in [5.74, 6) is -0.592. The number of nitrogens with one attached hydrogen (secondary N) is 2. The van der Waals surface area contributed by atoms with Crippen molar-refractivity contribution in [2.75, 3.05) is 5.32 Å². The van der Waals surface area contributed by atoms with E-state index in [1.165, 1.54) is 0 Å². The van der Waals surface area contributed by atoms with Gasteiger partial charge in [-0.2, -0.15) is 13.2 Å². The van der Waals surface area contributed by atoms with E-state index in [0.29, 0.717) is 5.69 Å². The van der Waals surface area contributed by atoms with Crippen LogP contribution in [-0.4, -0.2) is 11.0 Å². The number of hydrogen-bond acceptors (Lipinski definition) is 2. The summed E-state index contributed by atoms with van der Waals surface area (Å²) in [5.41, 5.74) is 1.95. The Kier molecular flexibility index (Phi) is 5.75. The Morgan fingerprint density at radius 2 is 1.46 bits per heavy atom. The maximum atomic E-state index is 12.6. The lowest BCUT2D eigenvalue weighted by Gasteiger charge is -2.12. The number of alkyl halides is 3. The first-order valence-electron chi connectivity index (χ1n) is 8.28. The molecule has 0 unspecified atom stereocenters. The molecule has 1 amide bonds. The summed E-state index contributed by atoms with van der Waals surface area (Å²) in [6.07, 6.45) is -4.45. The van der Waals surface area contributed by atoms with Crippen LogP contribution in [0.25, 0.3) is 11.1 Å². The van der Waals surface area contributed by atoms with E-state index in [-0.39, 0.29) is 10.7 Å². The second-order valence-electron chi connectivity index (χ2n) is 5.93. The third-order valence-corrected chi connectivity index (χ3v) is 4.13. The van der Waals surface area contributed by atoms with Crippen LogP contribution in [0.3, 0.4) is 0 Å². The van der Waals surface area contributed by atoms with Crippen LogP contribution in [0.15, 0.2) is 78.9 Å². The van der Waals surface area contributed by atoms with Crippen LogP contribution < -0.4 is 10.6 Å².